The largest absolute Gasteiger partial charge is 0.505 e. The van der Waals surface area contributed by atoms with Gasteiger partial charge < -0.3 is 9.84 Å². The van der Waals surface area contributed by atoms with Gasteiger partial charge in [-0.25, -0.2) is 8.78 Å². The second kappa shape index (κ2) is 4.44. The summed E-state index contributed by atoms with van der Waals surface area (Å²) in [5, 5.41) is 9.43. The SMILES string of the molecule is CC(=O)N1c2cc(F)c(C)cc2Oc2cc(O)c(F)cc21. The number of anilines is 2. The van der Waals surface area contributed by atoms with Crippen LogP contribution in [0.1, 0.15) is 12.5 Å². The number of hydrogen-bond acceptors (Lipinski definition) is 3. The lowest BCUT2D eigenvalue weighted by Gasteiger charge is -2.30. The monoisotopic (exact) mass is 291 g/mol. The number of carbonyl (C=O) groups is 1. The number of ether oxygens (including phenoxy) is 1. The minimum Gasteiger partial charge on any atom is -0.505 e. The normalized spacial score (nSPS) is 12.5. The number of carbonyl (C=O) groups excluding carboxylic acids is 1. The molecular weight excluding hydrogens is 280 g/mol. The van der Waals surface area contributed by atoms with Crippen molar-refractivity contribution < 1.29 is 23.4 Å². The highest BCUT2D eigenvalue weighted by Gasteiger charge is 2.29. The fourth-order valence-corrected chi connectivity index (χ4v) is 2.28. The lowest BCUT2D eigenvalue weighted by atomic mass is 10.1. The molecule has 1 aliphatic rings. The average molecular weight is 291 g/mol. The Hall–Kier alpha value is -2.63. The topological polar surface area (TPSA) is 49.8 Å². The van der Waals surface area contributed by atoms with Gasteiger partial charge in [-0.3, -0.25) is 9.69 Å². The molecule has 1 amide bonds. The van der Waals surface area contributed by atoms with Crippen molar-refractivity contribution in [2.75, 3.05) is 4.90 Å². The predicted molar refractivity (Wildman–Crippen MR) is 72.1 cm³/mol. The van der Waals surface area contributed by atoms with Crippen molar-refractivity contribution in [3.8, 4) is 17.2 Å². The van der Waals surface area contributed by atoms with E-state index in [0.717, 1.165) is 17.0 Å². The maximum Gasteiger partial charge on any atom is 0.228 e. The summed E-state index contributed by atoms with van der Waals surface area (Å²) in [6.07, 6.45) is 0. The van der Waals surface area contributed by atoms with E-state index in [2.05, 4.69) is 0 Å². The lowest BCUT2D eigenvalue weighted by Crippen LogP contribution is -2.26. The first-order valence-electron chi connectivity index (χ1n) is 6.19. The molecule has 1 aliphatic heterocycles. The highest BCUT2D eigenvalue weighted by Crippen LogP contribution is 2.49. The number of halogens is 2. The summed E-state index contributed by atoms with van der Waals surface area (Å²) >= 11 is 0. The van der Waals surface area contributed by atoms with Gasteiger partial charge in [0, 0.05) is 25.1 Å². The maximum atomic E-state index is 13.8. The van der Waals surface area contributed by atoms with Crippen molar-refractivity contribution in [3.05, 3.63) is 41.5 Å². The number of rotatable bonds is 0. The van der Waals surface area contributed by atoms with Crippen molar-refractivity contribution in [1.82, 2.24) is 0 Å². The van der Waals surface area contributed by atoms with Gasteiger partial charge in [0.2, 0.25) is 5.91 Å². The molecule has 0 spiro atoms. The molecule has 2 aromatic carbocycles. The summed E-state index contributed by atoms with van der Waals surface area (Å²) in [4.78, 5) is 13.0. The van der Waals surface area contributed by atoms with Crippen molar-refractivity contribution in [2.45, 2.75) is 13.8 Å². The third-order valence-corrected chi connectivity index (χ3v) is 3.29. The Morgan fingerprint density at radius 1 is 1.10 bits per heavy atom. The first-order chi connectivity index (χ1) is 9.88. The molecular formula is C15H11F2NO3. The molecule has 0 aromatic heterocycles. The Morgan fingerprint density at radius 2 is 1.67 bits per heavy atom. The Labute approximate surface area is 119 Å². The van der Waals surface area contributed by atoms with Crippen LogP contribution in [0.3, 0.4) is 0 Å². The highest BCUT2D eigenvalue weighted by atomic mass is 19.1. The molecule has 0 saturated carbocycles. The van der Waals surface area contributed by atoms with Crippen LogP contribution in [0.5, 0.6) is 17.2 Å². The fourth-order valence-electron chi connectivity index (χ4n) is 2.28. The zero-order valence-corrected chi connectivity index (χ0v) is 11.3. The van der Waals surface area contributed by atoms with E-state index >= 15 is 0 Å². The predicted octanol–water partition coefficient (Wildman–Crippen LogP) is 3.77. The van der Waals surface area contributed by atoms with E-state index in [1.807, 2.05) is 0 Å². The van der Waals surface area contributed by atoms with Crippen LogP contribution in [-0.2, 0) is 4.79 Å². The van der Waals surface area contributed by atoms with E-state index in [4.69, 9.17) is 4.74 Å². The molecule has 21 heavy (non-hydrogen) atoms. The quantitative estimate of drug-likeness (QED) is 0.803. The van der Waals surface area contributed by atoms with E-state index in [1.165, 1.54) is 19.1 Å². The molecule has 0 unspecified atom stereocenters. The number of benzene rings is 2. The van der Waals surface area contributed by atoms with Gasteiger partial charge >= 0.3 is 0 Å². The third-order valence-electron chi connectivity index (χ3n) is 3.29. The molecule has 108 valence electrons. The molecule has 0 radical (unpaired) electrons. The number of hydrogen-bond donors (Lipinski definition) is 1. The Bertz CT molecular complexity index is 716. The van der Waals surface area contributed by atoms with Crippen molar-refractivity contribution in [1.29, 1.82) is 0 Å². The standard InChI is InChI=1S/C15H11F2NO3/c1-7-3-14-11(4-9(7)16)18(8(2)19)12-5-10(17)13(20)6-15(12)21-14/h3-6,20H,1-2H3. The summed E-state index contributed by atoms with van der Waals surface area (Å²) in [7, 11) is 0. The van der Waals surface area contributed by atoms with E-state index in [1.54, 1.807) is 6.92 Å². The van der Waals surface area contributed by atoms with Crippen LogP contribution in [0.4, 0.5) is 20.2 Å². The van der Waals surface area contributed by atoms with Gasteiger partial charge in [0.25, 0.3) is 0 Å². The van der Waals surface area contributed by atoms with Gasteiger partial charge in [-0.15, -0.1) is 0 Å². The molecule has 0 saturated heterocycles. The summed E-state index contributed by atoms with van der Waals surface area (Å²) < 4.78 is 32.8. The average Bonchev–Trinajstić information content (AvgIpc) is 2.39. The van der Waals surface area contributed by atoms with Gasteiger partial charge in [0.05, 0.1) is 11.4 Å². The maximum absolute atomic E-state index is 13.8. The van der Waals surface area contributed by atoms with Crippen LogP contribution in [0.2, 0.25) is 0 Å². The van der Waals surface area contributed by atoms with Crippen molar-refractivity contribution in [3.63, 3.8) is 0 Å². The summed E-state index contributed by atoms with van der Waals surface area (Å²) in [5.41, 5.74) is 0.670. The first kappa shape index (κ1) is 13.4. The van der Waals surface area contributed by atoms with Gasteiger partial charge in [0.15, 0.2) is 23.1 Å². The summed E-state index contributed by atoms with van der Waals surface area (Å²) in [5.74, 6) is -2.00. The van der Waals surface area contributed by atoms with Crippen LogP contribution in [-0.4, -0.2) is 11.0 Å². The van der Waals surface area contributed by atoms with Gasteiger partial charge in [0.1, 0.15) is 5.82 Å². The van der Waals surface area contributed by atoms with Gasteiger partial charge in [-0.1, -0.05) is 0 Å². The minimum absolute atomic E-state index is 0.119. The van der Waals surface area contributed by atoms with Crippen LogP contribution in [0, 0.1) is 18.6 Å². The third kappa shape index (κ3) is 1.99. The molecule has 0 fully saturated rings. The molecule has 3 rings (SSSR count). The molecule has 1 N–H and O–H groups in total. The van der Waals surface area contributed by atoms with Crippen molar-refractivity contribution >= 4 is 17.3 Å². The van der Waals surface area contributed by atoms with Crippen LogP contribution in [0.25, 0.3) is 0 Å². The highest BCUT2D eigenvalue weighted by molar-refractivity contribution is 6.03. The second-order valence-corrected chi connectivity index (χ2v) is 4.80. The molecule has 1 heterocycles. The smallest absolute Gasteiger partial charge is 0.228 e. The number of phenols is 1. The zero-order valence-electron chi connectivity index (χ0n) is 11.3. The molecule has 0 atom stereocenters. The van der Waals surface area contributed by atoms with E-state index in [-0.39, 0.29) is 22.9 Å². The van der Waals surface area contributed by atoms with Crippen molar-refractivity contribution in [2.24, 2.45) is 0 Å². The lowest BCUT2D eigenvalue weighted by molar-refractivity contribution is -0.115. The number of aromatic hydroxyl groups is 1. The molecule has 2 aromatic rings. The molecule has 4 nitrogen and oxygen atoms in total. The summed E-state index contributed by atoms with van der Waals surface area (Å²) in [6.45, 7) is 2.84. The molecule has 0 aliphatic carbocycles. The number of nitrogens with zero attached hydrogens (tertiary/aromatic N) is 1. The first-order valence-corrected chi connectivity index (χ1v) is 6.19. The number of amides is 1. The summed E-state index contributed by atoms with van der Waals surface area (Å²) in [6, 6.07) is 4.68. The second-order valence-electron chi connectivity index (χ2n) is 4.80. The number of fused-ring (bicyclic) bond motifs is 2. The Morgan fingerprint density at radius 3 is 2.29 bits per heavy atom. The minimum atomic E-state index is -0.889. The zero-order chi connectivity index (χ0) is 15.3. The van der Waals surface area contributed by atoms with Crippen LogP contribution < -0.4 is 9.64 Å². The number of aryl methyl sites for hydroxylation is 1. The van der Waals surface area contributed by atoms with E-state index in [9.17, 15) is 18.7 Å². The number of phenolic OH excluding ortho intramolecular Hbond substituents is 1. The molecule has 6 heteroatoms. The van der Waals surface area contributed by atoms with Crippen LogP contribution in [0.15, 0.2) is 24.3 Å². The van der Waals surface area contributed by atoms with Gasteiger partial charge in [-0.2, -0.15) is 0 Å². The van der Waals surface area contributed by atoms with E-state index in [0.29, 0.717) is 5.56 Å². The fraction of sp³-hybridized carbons (Fsp3) is 0.133. The Balaban J connectivity index is 2.27. The van der Waals surface area contributed by atoms with Gasteiger partial charge in [-0.05, 0) is 18.6 Å². The Kier molecular flexibility index (Phi) is 2.83. The molecule has 0 bridgehead atoms. The van der Waals surface area contributed by atoms with Crippen LogP contribution >= 0.6 is 0 Å². The van der Waals surface area contributed by atoms with E-state index < -0.39 is 23.3 Å².